The molecule has 0 saturated carbocycles. The number of pyridine rings is 1. The highest BCUT2D eigenvalue weighted by atomic mass is 32.2. The van der Waals surface area contributed by atoms with Gasteiger partial charge in [-0.3, -0.25) is 0 Å². The van der Waals surface area contributed by atoms with Gasteiger partial charge in [0, 0.05) is 18.2 Å². The molecule has 1 heterocycles. The minimum Gasteiger partial charge on any atom is -0.748 e. The third-order valence-corrected chi connectivity index (χ3v) is 3.68. The second kappa shape index (κ2) is 12.0. The summed E-state index contributed by atoms with van der Waals surface area (Å²) in [6.45, 7) is 7.17. The van der Waals surface area contributed by atoms with E-state index in [1.165, 1.54) is 0 Å². The Morgan fingerprint density at radius 3 is 2.35 bits per heavy atom. The fraction of sp³-hybridized carbons (Fsp3) is 0.625. The molecule has 0 fully saturated rings. The molecule has 0 aliphatic heterocycles. The number of hydrogen-bond donors (Lipinski definition) is 0. The molecule has 0 radical (unpaired) electrons. The minimum absolute atomic E-state index is 0.219. The maximum absolute atomic E-state index is 11.4. The molecule has 0 aliphatic carbocycles. The summed E-state index contributed by atoms with van der Waals surface area (Å²) in [5.41, 5.74) is 0.621. The van der Waals surface area contributed by atoms with Gasteiger partial charge in [0.2, 0.25) is 0 Å². The molecule has 1 aromatic rings. The van der Waals surface area contributed by atoms with Gasteiger partial charge in [-0.1, -0.05) is 26.7 Å². The molecule has 1 aromatic heterocycles. The summed E-state index contributed by atoms with van der Waals surface area (Å²) < 4.78 is 36.5. The summed E-state index contributed by atoms with van der Waals surface area (Å²) in [4.78, 5) is 11.4. The molecule has 6 nitrogen and oxygen atoms in total. The first-order valence-corrected chi connectivity index (χ1v) is 9.51. The third kappa shape index (κ3) is 11.7. The Morgan fingerprint density at radius 2 is 1.87 bits per heavy atom. The van der Waals surface area contributed by atoms with Gasteiger partial charge in [0.05, 0.1) is 16.7 Å². The van der Waals surface area contributed by atoms with Gasteiger partial charge in [-0.25, -0.2) is 17.8 Å². The fourth-order valence-corrected chi connectivity index (χ4v) is 2.30. The van der Waals surface area contributed by atoms with E-state index in [0.29, 0.717) is 18.6 Å². The van der Waals surface area contributed by atoms with Crippen molar-refractivity contribution in [1.29, 1.82) is 0 Å². The molecule has 0 amide bonds. The van der Waals surface area contributed by atoms with Crippen LogP contribution in [0.3, 0.4) is 0 Å². The molecule has 7 heteroatoms. The van der Waals surface area contributed by atoms with Gasteiger partial charge in [0.25, 0.3) is 0 Å². The molecule has 1 rings (SSSR count). The first-order valence-electron chi connectivity index (χ1n) is 7.93. The lowest BCUT2D eigenvalue weighted by Crippen LogP contribution is -2.33. The standard InChI is InChI=1S/C12H18NO2.C4H10O3S/c1-3-5-8-13-9-6-7-11(10-13)12(14)15-4-2;1-2-3-4-8(5,6)7/h6-7,9-10H,3-5,8H2,1-2H3;2-4H2,1H3,(H,5,6,7)/q+1;/p-1. The number of esters is 1. The summed E-state index contributed by atoms with van der Waals surface area (Å²) in [6.07, 6.45) is 7.31. The predicted octanol–water partition coefficient (Wildman–Crippen LogP) is 2.28. The SMILES string of the molecule is CCCCS(=O)(=O)[O-].CCCC[n+]1cccc(C(=O)OCC)c1. The molecule has 0 saturated heterocycles. The van der Waals surface area contributed by atoms with E-state index in [1.54, 1.807) is 6.07 Å². The Balaban J connectivity index is 0.000000515. The Hall–Kier alpha value is -1.47. The van der Waals surface area contributed by atoms with E-state index in [1.807, 2.05) is 36.9 Å². The van der Waals surface area contributed by atoms with Gasteiger partial charge >= 0.3 is 5.97 Å². The van der Waals surface area contributed by atoms with Crippen LogP contribution < -0.4 is 4.57 Å². The van der Waals surface area contributed by atoms with Crippen LogP contribution in [-0.2, 0) is 21.4 Å². The van der Waals surface area contributed by atoms with E-state index in [0.717, 1.165) is 25.8 Å². The number of hydrogen-bond acceptors (Lipinski definition) is 5. The van der Waals surface area contributed by atoms with Gasteiger partial charge in [-0.2, -0.15) is 0 Å². The lowest BCUT2D eigenvalue weighted by molar-refractivity contribution is -0.697. The van der Waals surface area contributed by atoms with Gasteiger partial charge in [0.1, 0.15) is 12.1 Å². The van der Waals surface area contributed by atoms with Crippen molar-refractivity contribution in [3.8, 4) is 0 Å². The van der Waals surface area contributed by atoms with Crippen molar-refractivity contribution in [1.82, 2.24) is 0 Å². The van der Waals surface area contributed by atoms with Gasteiger partial charge in [-0.05, 0) is 19.4 Å². The van der Waals surface area contributed by atoms with Crippen LogP contribution in [0.25, 0.3) is 0 Å². The van der Waals surface area contributed by atoms with Crippen molar-refractivity contribution < 1.29 is 27.1 Å². The zero-order chi connectivity index (χ0) is 17.7. The van der Waals surface area contributed by atoms with E-state index in [9.17, 15) is 17.8 Å². The number of rotatable bonds is 8. The molecular formula is C16H27NO5S. The monoisotopic (exact) mass is 345 g/mol. The van der Waals surface area contributed by atoms with Crippen molar-refractivity contribution in [3.63, 3.8) is 0 Å². The van der Waals surface area contributed by atoms with E-state index < -0.39 is 10.1 Å². The van der Waals surface area contributed by atoms with Crippen molar-refractivity contribution in [2.75, 3.05) is 12.4 Å². The Bertz CT molecular complexity index is 557. The van der Waals surface area contributed by atoms with Crippen LogP contribution in [0.4, 0.5) is 0 Å². The van der Waals surface area contributed by atoms with Gasteiger partial charge in [0.15, 0.2) is 12.4 Å². The summed E-state index contributed by atoms with van der Waals surface area (Å²) in [5.74, 6) is -0.466. The summed E-state index contributed by atoms with van der Waals surface area (Å²) in [6, 6.07) is 3.66. The third-order valence-electron chi connectivity index (χ3n) is 2.89. The Morgan fingerprint density at radius 1 is 1.22 bits per heavy atom. The van der Waals surface area contributed by atoms with E-state index in [2.05, 4.69) is 6.92 Å². The summed E-state index contributed by atoms with van der Waals surface area (Å²) >= 11 is 0. The van der Waals surface area contributed by atoms with E-state index >= 15 is 0 Å². The number of carbonyl (C=O) groups is 1. The Kier molecular flexibility index (Phi) is 11.2. The average molecular weight is 345 g/mol. The Labute approximate surface area is 139 Å². The van der Waals surface area contributed by atoms with Gasteiger partial charge in [-0.15, -0.1) is 0 Å². The van der Waals surface area contributed by atoms with Crippen molar-refractivity contribution in [2.45, 2.75) is 53.0 Å². The molecule has 0 bridgehead atoms. The molecule has 23 heavy (non-hydrogen) atoms. The fourth-order valence-electron chi connectivity index (χ4n) is 1.66. The maximum Gasteiger partial charge on any atom is 0.344 e. The first kappa shape index (κ1) is 21.5. The predicted molar refractivity (Wildman–Crippen MR) is 87.0 cm³/mol. The number of ether oxygens (including phenoxy) is 1. The molecule has 132 valence electrons. The zero-order valence-electron chi connectivity index (χ0n) is 14.2. The van der Waals surface area contributed by atoms with Crippen LogP contribution in [0, 0.1) is 0 Å². The molecule has 0 unspecified atom stereocenters. The highest BCUT2D eigenvalue weighted by Crippen LogP contribution is 1.98. The quantitative estimate of drug-likeness (QED) is 0.410. The smallest absolute Gasteiger partial charge is 0.344 e. The normalized spacial score (nSPS) is 10.6. The average Bonchev–Trinajstić information content (AvgIpc) is 2.51. The lowest BCUT2D eigenvalue weighted by atomic mass is 10.2. The van der Waals surface area contributed by atoms with Crippen LogP contribution in [0.2, 0.25) is 0 Å². The molecule has 0 aromatic carbocycles. The summed E-state index contributed by atoms with van der Waals surface area (Å²) in [7, 11) is -3.94. The highest BCUT2D eigenvalue weighted by Gasteiger charge is 2.10. The number of aromatic nitrogens is 1. The number of aryl methyl sites for hydroxylation is 1. The number of nitrogens with zero attached hydrogens (tertiary/aromatic N) is 1. The van der Waals surface area contributed by atoms with Crippen LogP contribution in [0.15, 0.2) is 24.5 Å². The lowest BCUT2D eigenvalue weighted by Gasteiger charge is -2.02. The first-order chi connectivity index (χ1) is 10.8. The van der Waals surface area contributed by atoms with E-state index in [-0.39, 0.29) is 11.7 Å². The van der Waals surface area contributed by atoms with Crippen LogP contribution >= 0.6 is 0 Å². The number of carbonyl (C=O) groups excluding carboxylic acids is 1. The minimum atomic E-state index is -3.94. The highest BCUT2D eigenvalue weighted by molar-refractivity contribution is 7.85. The number of unbranched alkanes of at least 4 members (excludes halogenated alkanes) is 2. The second-order valence-corrected chi connectivity index (χ2v) is 6.54. The second-order valence-electron chi connectivity index (χ2n) is 5.02. The van der Waals surface area contributed by atoms with Crippen molar-refractivity contribution >= 4 is 16.1 Å². The van der Waals surface area contributed by atoms with Gasteiger partial charge < -0.3 is 9.29 Å². The van der Waals surface area contributed by atoms with Crippen molar-refractivity contribution in [2.24, 2.45) is 0 Å². The molecule has 0 spiro atoms. The van der Waals surface area contributed by atoms with Crippen LogP contribution in [-0.4, -0.2) is 31.3 Å². The van der Waals surface area contributed by atoms with Crippen LogP contribution in [0.1, 0.15) is 56.8 Å². The molecule has 0 aliphatic rings. The largest absolute Gasteiger partial charge is 0.748 e. The molecule has 0 N–H and O–H groups in total. The van der Waals surface area contributed by atoms with Crippen LogP contribution in [0.5, 0.6) is 0 Å². The van der Waals surface area contributed by atoms with Crippen molar-refractivity contribution in [3.05, 3.63) is 30.1 Å². The zero-order valence-corrected chi connectivity index (χ0v) is 15.0. The molecular weight excluding hydrogens is 318 g/mol. The van der Waals surface area contributed by atoms with E-state index in [4.69, 9.17) is 4.74 Å². The topological polar surface area (TPSA) is 87.4 Å². The summed E-state index contributed by atoms with van der Waals surface area (Å²) in [5, 5.41) is 0. The maximum atomic E-state index is 11.4. The molecule has 0 atom stereocenters.